The Morgan fingerprint density at radius 2 is 2.00 bits per heavy atom. The first-order chi connectivity index (χ1) is 15.5. The van der Waals surface area contributed by atoms with Gasteiger partial charge in [0, 0.05) is 25.2 Å². The smallest absolute Gasteiger partial charge is 0.241 e. The van der Waals surface area contributed by atoms with Crippen molar-refractivity contribution in [1.82, 2.24) is 26.0 Å². The van der Waals surface area contributed by atoms with Gasteiger partial charge in [-0.1, -0.05) is 32.4 Å². The van der Waals surface area contributed by atoms with Crippen molar-refractivity contribution in [3.8, 4) is 5.75 Å². The Hall–Kier alpha value is -1.93. The van der Waals surface area contributed by atoms with Gasteiger partial charge in [0.1, 0.15) is 18.0 Å². The second-order valence-electron chi connectivity index (χ2n) is 9.34. The largest absolute Gasteiger partial charge is 0.493 e. The fourth-order valence-electron chi connectivity index (χ4n) is 5.37. The minimum absolute atomic E-state index is 0.0485. The van der Waals surface area contributed by atoms with Crippen LogP contribution in [0.5, 0.6) is 5.75 Å². The number of benzene rings is 1. The molecule has 0 radical (unpaired) electrons. The Bertz CT molecular complexity index is 823. The quantitative estimate of drug-likeness (QED) is 0.576. The number of fused-ring (bicyclic) bond motifs is 1. The van der Waals surface area contributed by atoms with Crippen LogP contribution in [-0.2, 0) is 4.79 Å². The summed E-state index contributed by atoms with van der Waals surface area (Å²) < 4.78 is 5.96. The van der Waals surface area contributed by atoms with Crippen molar-refractivity contribution >= 4 is 11.5 Å². The highest BCUT2D eigenvalue weighted by Gasteiger charge is 2.48. The molecule has 7 nitrogen and oxygen atoms in total. The number of carbonyl (C=O) groups is 1. The Balaban J connectivity index is 1.57. The lowest BCUT2D eigenvalue weighted by atomic mass is 9.93. The molecule has 3 saturated heterocycles. The van der Waals surface area contributed by atoms with E-state index in [0.717, 1.165) is 54.9 Å². The third kappa shape index (κ3) is 4.86. The maximum Gasteiger partial charge on any atom is 0.241 e. The fraction of sp³-hybridized carbons (Fsp3) is 0.640. The number of likely N-dealkylation sites (N-methyl/N-ethyl adjacent to an activating group) is 1. The first kappa shape index (κ1) is 23.2. The molecule has 3 aliphatic heterocycles. The molecule has 3 N–H and O–H groups in total. The summed E-state index contributed by atoms with van der Waals surface area (Å²) in [5.74, 6) is 0.858. The van der Waals surface area contributed by atoms with Crippen LogP contribution >= 0.6 is 0 Å². The second kappa shape index (κ2) is 10.3. The zero-order chi connectivity index (χ0) is 22.7. The molecule has 4 atom stereocenters. The summed E-state index contributed by atoms with van der Waals surface area (Å²) in [6.45, 7) is 12.3. The lowest BCUT2D eigenvalue weighted by molar-refractivity contribution is -0.129. The normalized spacial score (nSPS) is 28.9. The van der Waals surface area contributed by atoms with Crippen LogP contribution in [0.25, 0.3) is 5.57 Å². The van der Waals surface area contributed by atoms with Gasteiger partial charge in [0.15, 0.2) is 0 Å². The number of hydrogen-bond donors (Lipinski definition) is 3. The number of hydrogen-bond acceptors (Lipinski definition) is 6. The van der Waals surface area contributed by atoms with E-state index in [-0.39, 0.29) is 30.2 Å². The van der Waals surface area contributed by atoms with Crippen LogP contribution < -0.4 is 20.8 Å². The van der Waals surface area contributed by atoms with Crippen molar-refractivity contribution in [1.29, 1.82) is 0 Å². The Morgan fingerprint density at radius 3 is 2.72 bits per heavy atom. The molecule has 176 valence electrons. The maximum atomic E-state index is 13.1. The van der Waals surface area contributed by atoms with Gasteiger partial charge in [-0.05, 0) is 62.5 Å². The summed E-state index contributed by atoms with van der Waals surface area (Å²) in [6, 6.07) is 6.34. The van der Waals surface area contributed by atoms with E-state index in [1.54, 1.807) is 0 Å². The second-order valence-corrected chi connectivity index (χ2v) is 9.34. The molecule has 0 saturated carbocycles. The van der Waals surface area contributed by atoms with Crippen LogP contribution in [0, 0.1) is 0 Å². The Morgan fingerprint density at radius 1 is 1.22 bits per heavy atom. The molecule has 4 rings (SSSR count). The van der Waals surface area contributed by atoms with Gasteiger partial charge in [0.2, 0.25) is 5.91 Å². The maximum absolute atomic E-state index is 13.1. The molecule has 32 heavy (non-hydrogen) atoms. The molecular weight excluding hydrogens is 402 g/mol. The summed E-state index contributed by atoms with van der Waals surface area (Å²) in [5, 5.41) is 8.86. The van der Waals surface area contributed by atoms with E-state index in [1.165, 1.54) is 19.3 Å². The van der Waals surface area contributed by atoms with Crippen molar-refractivity contribution < 1.29 is 9.53 Å². The molecule has 1 aromatic rings. The number of ether oxygens (including phenoxy) is 1. The summed E-state index contributed by atoms with van der Waals surface area (Å²) in [4.78, 5) is 15.6. The number of likely N-dealkylation sites (tertiary alicyclic amines) is 1. The highest BCUT2D eigenvalue weighted by molar-refractivity contribution is 5.84. The van der Waals surface area contributed by atoms with Crippen molar-refractivity contribution in [3.05, 3.63) is 35.9 Å². The number of nitrogens with one attached hydrogen (secondary N) is 3. The number of rotatable bonds is 8. The van der Waals surface area contributed by atoms with E-state index >= 15 is 0 Å². The standard InChI is InChI=1S/C25H39N5O2/c1-5-10-20-22-23(29(4)28-20)25(31)27-24(26-22)19-15-18(11-12-21(19)32-6-2)17(3)16-30-13-8-7-9-14-30/h11-12,15,20,22-24,26,28H,3,5-10,13-14,16H2,1-2,4H3,(H,27,31). The first-order valence-electron chi connectivity index (χ1n) is 12.2. The van der Waals surface area contributed by atoms with Crippen LogP contribution in [0.15, 0.2) is 24.8 Å². The number of carbonyl (C=O) groups excluding carboxylic acids is 1. The molecule has 0 spiro atoms. The van der Waals surface area contributed by atoms with Crippen LogP contribution in [0.1, 0.15) is 63.2 Å². The number of nitrogens with zero attached hydrogens (tertiary/aromatic N) is 2. The zero-order valence-electron chi connectivity index (χ0n) is 19.8. The minimum atomic E-state index is -0.291. The average Bonchev–Trinajstić information content (AvgIpc) is 3.10. The predicted octanol–water partition coefficient (Wildman–Crippen LogP) is 2.66. The SMILES string of the molecule is C=C(CN1CCCCC1)c1ccc(OCC)c(C2NC(=O)C3C(N2)C(CCC)NN3C)c1. The molecule has 0 aromatic heterocycles. The van der Waals surface area contributed by atoms with Crippen LogP contribution in [0.3, 0.4) is 0 Å². The average molecular weight is 442 g/mol. The van der Waals surface area contributed by atoms with E-state index in [0.29, 0.717) is 6.61 Å². The Kier molecular flexibility index (Phi) is 7.51. The van der Waals surface area contributed by atoms with Crippen LogP contribution in [-0.4, -0.2) is 67.2 Å². The lowest BCUT2D eigenvalue weighted by Gasteiger charge is -2.37. The van der Waals surface area contributed by atoms with Gasteiger partial charge in [-0.2, -0.15) is 0 Å². The van der Waals surface area contributed by atoms with E-state index < -0.39 is 0 Å². The van der Waals surface area contributed by atoms with Gasteiger partial charge >= 0.3 is 0 Å². The van der Waals surface area contributed by atoms with Crippen molar-refractivity contribution in [2.75, 3.05) is 33.3 Å². The van der Waals surface area contributed by atoms with E-state index in [2.05, 4.69) is 46.6 Å². The molecule has 3 fully saturated rings. The van der Waals surface area contributed by atoms with Crippen molar-refractivity contribution in [2.45, 2.75) is 70.2 Å². The molecule has 3 aliphatic rings. The molecule has 4 unspecified atom stereocenters. The number of hydrazine groups is 1. The van der Waals surface area contributed by atoms with E-state index in [4.69, 9.17) is 4.74 Å². The molecule has 3 heterocycles. The third-order valence-corrected chi connectivity index (χ3v) is 6.97. The van der Waals surface area contributed by atoms with E-state index in [1.807, 2.05) is 25.0 Å². The highest BCUT2D eigenvalue weighted by atomic mass is 16.5. The third-order valence-electron chi connectivity index (χ3n) is 6.97. The van der Waals surface area contributed by atoms with Crippen LogP contribution in [0.2, 0.25) is 0 Å². The summed E-state index contributed by atoms with van der Waals surface area (Å²) >= 11 is 0. The van der Waals surface area contributed by atoms with Gasteiger partial charge in [0.25, 0.3) is 0 Å². The Labute approximate surface area is 192 Å². The van der Waals surface area contributed by atoms with Gasteiger partial charge < -0.3 is 10.1 Å². The van der Waals surface area contributed by atoms with Crippen LogP contribution in [0.4, 0.5) is 0 Å². The highest BCUT2D eigenvalue weighted by Crippen LogP contribution is 2.32. The topological polar surface area (TPSA) is 68.9 Å². The summed E-state index contributed by atoms with van der Waals surface area (Å²) in [5.41, 5.74) is 6.67. The van der Waals surface area contributed by atoms with Gasteiger partial charge in [-0.15, -0.1) is 0 Å². The summed E-state index contributed by atoms with van der Waals surface area (Å²) in [7, 11) is 1.95. The minimum Gasteiger partial charge on any atom is -0.493 e. The van der Waals surface area contributed by atoms with Gasteiger partial charge in [-0.25, -0.2) is 10.4 Å². The molecular formula is C25H39N5O2. The molecule has 1 aromatic carbocycles. The van der Waals surface area contributed by atoms with Gasteiger partial charge in [0.05, 0.1) is 12.6 Å². The number of piperidine rings is 1. The monoisotopic (exact) mass is 441 g/mol. The lowest BCUT2D eigenvalue weighted by Crippen LogP contribution is -2.62. The molecule has 1 amide bonds. The van der Waals surface area contributed by atoms with Gasteiger partial charge in [-0.3, -0.25) is 15.0 Å². The molecule has 7 heteroatoms. The molecule has 0 bridgehead atoms. The number of amides is 1. The fourth-order valence-corrected chi connectivity index (χ4v) is 5.37. The van der Waals surface area contributed by atoms with E-state index in [9.17, 15) is 4.79 Å². The van der Waals surface area contributed by atoms with Crippen molar-refractivity contribution in [3.63, 3.8) is 0 Å². The van der Waals surface area contributed by atoms with Crippen molar-refractivity contribution in [2.24, 2.45) is 0 Å². The molecule has 0 aliphatic carbocycles. The predicted molar refractivity (Wildman–Crippen MR) is 128 cm³/mol. The first-order valence-corrected chi connectivity index (χ1v) is 12.2. The zero-order valence-corrected chi connectivity index (χ0v) is 19.8. The summed E-state index contributed by atoms with van der Waals surface area (Å²) in [6.07, 6.45) is 5.66.